The molecule has 1 aromatic heterocycles. The summed E-state index contributed by atoms with van der Waals surface area (Å²) in [5.41, 5.74) is 6.39. The van der Waals surface area contributed by atoms with E-state index in [-0.39, 0.29) is 17.9 Å². The lowest BCUT2D eigenvalue weighted by Gasteiger charge is -2.18. The number of hydrogen-bond donors (Lipinski definition) is 3. The Labute approximate surface area is 89.0 Å². The molecule has 0 bridgehead atoms. The monoisotopic (exact) mass is 208 g/mol. The quantitative estimate of drug-likeness (QED) is 0.297. The van der Waals surface area contributed by atoms with Crippen molar-refractivity contribution in [1.82, 2.24) is 10.3 Å². The normalized spacial score (nSPS) is 16.0. The van der Waals surface area contributed by atoms with Crippen LogP contribution in [0.2, 0.25) is 0 Å². The highest BCUT2D eigenvalue weighted by molar-refractivity contribution is 5.84. The molecule has 1 unspecified atom stereocenters. The summed E-state index contributed by atoms with van der Waals surface area (Å²) < 4.78 is 0. The average Bonchev–Trinajstić information content (AvgIpc) is 2.29. The van der Waals surface area contributed by atoms with Gasteiger partial charge < -0.3 is 10.9 Å². The van der Waals surface area contributed by atoms with Gasteiger partial charge >= 0.3 is 0 Å². The van der Waals surface area contributed by atoms with E-state index < -0.39 is 0 Å². The third-order valence-electron chi connectivity index (χ3n) is 2.19. The molecule has 5 nitrogen and oxygen atoms in total. The van der Waals surface area contributed by atoms with Crippen LogP contribution in [0.5, 0.6) is 0 Å². The maximum atomic E-state index is 8.50. The number of hydrogen-bond acceptors (Lipinski definition) is 4. The molecule has 0 spiro atoms. The van der Waals surface area contributed by atoms with Crippen LogP contribution in [0.1, 0.15) is 25.6 Å². The highest BCUT2D eigenvalue weighted by Crippen LogP contribution is 2.08. The third-order valence-corrected chi connectivity index (χ3v) is 2.19. The zero-order chi connectivity index (χ0) is 11.3. The van der Waals surface area contributed by atoms with E-state index in [1.807, 2.05) is 32.0 Å². The van der Waals surface area contributed by atoms with Gasteiger partial charge in [0.25, 0.3) is 0 Å². The SMILES string of the molecule is CC(N[C@@H](C)c1ccccn1)/C(N)=N/O. The first-order valence-corrected chi connectivity index (χ1v) is 4.79. The zero-order valence-corrected chi connectivity index (χ0v) is 8.88. The number of pyridine rings is 1. The molecular weight excluding hydrogens is 192 g/mol. The maximum Gasteiger partial charge on any atom is 0.156 e. The van der Waals surface area contributed by atoms with Crippen molar-refractivity contribution in [2.45, 2.75) is 25.9 Å². The summed E-state index contributed by atoms with van der Waals surface area (Å²) in [7, 11) is 0. The van der Waals surface area contributed by atoms with E-state index in [4.69, 9.17) is 10.9 Å². The van der Waals surface area contributed by atoms with Gasteiger partial charge in [0.05, 0.1) is 11.7 Å². The second-order valence-electron chi connectivity index (χ2n) is 3.39. The van der Waals surface area contributed by atoms with Crippen LogP contribution in [-0.4, -0.2) is 22.1 Å². The van der Waals surface area contributed by atoms with Gasteiger partial charge in [0.15, 0.2) is 5.84 Å². The molecule has 1 heterocycles. The minimum atomic E-state index is -0.188. The smallest absolute Gasteiger partial charge is 0.156 e. The van der Waals surface area contributed by atoms with Crippen molar-refractivity contribution in [3.05, 3.63) is 30.1 Å². The number of nitrogens with one attached hydrogen (secondary N) is 1. The molecule has 15 heavy (non-hydrogen) atoms. The molecule has 4 N–H and O–H groups in total. The Bertz CT molecular complexity index is 325. The molecular formula is C10H16N4O. The lowest BCUT2D eigenvalue weighted by Crippen LogP contribution is -2.40. The molecule has 0 aliphatic rings. The molecule has 0 saturated heterocycles. The lowest BCUT2D eigenvalue weighted by molar-refractivity contribution is 0.314. The number of amidine groups is 1. The van der Waals surface area contributed by atoms with Gasteiger partial charge in [-0.05, 0) is 26.0 Å². The minimum Gasteiger partial charge on any atom is -0.409 e. The molecule has 0 fully saturated rings. The number of aromatic nitrogens is 1. The summed E-state index contributed by atoms with van der Waals surface area (Å²) >= 11 is 0. The van der Waals surface area contributed by atoms with E-state index in [0.29, 0.717) is 0 Å². The first-order chi connectivity index (χ1) is 7.15. The van der Waals surface area contributed by atoms with Gasteiger partial charge in [-0.2, -0.15) is 0 Å². The van der Waals surface area contributed by atoms with Crippen molar-refractivity contribution in [3.63, 3.8) is 0 Å². The van der Waals surface area contributed by atoms with Crippen molar-refractivity contribution in [3.8, 4) is 0 Å². The first kappa shape index (κ1) is 11.5. The van der Waals surface area contributed by atoms with Crippen LogP contribution >= 0.6 is 0 Å². The van der Waals surface area contributed by atoms with E-state index in [0.717, 1.165) is 5.69 Å². The topological polar surface area (TPSA) is 83.5 Å². The van der Waals surface area contributed by atoms with Crippen molar-refractivity contribution < 1.29 is 5.21 Å². The van der Waals surface area contributed by atoms with E-state index in [1.165, 1.54) is 0 Å². The molecule has 0 radical (unpaired) electrons. The van der Waals surface area contributed by atoms with E-state index >= 15 is 0 Å². The minimum absolute atomic E-state index is 0.0569. The first-order valence-electron chi connectivity index (χ1n) is 4.79. The Hall–Kier alpha value is -1.62. The number of nitrogens with two attached hydrogens (primary N) is 1. The van der Waals surface area contributed by atoms with E-state index in [9.17, 15) is 0 Å². The fourth-order valence-corrected chi connectivity index (χ4v) is 1.26. The predicted octanol–water partition coefficient (Wildman–Crippen LogP) is 0.867. The lowest BCUT2D eigenvalue weighted by atomic mass is 10.2. The Kier molecular flexibility index (Phi) is 4.05. The van der Waals surface area contributed by atoms with Crippen molar-refractivity contribution in [2.24, 2.45) is 10.9 Å². The van der Waals surface area contributed by atoms with E-state index in [2.05, 4.69) is 15.5 Å². The summed E-state index contributed by atoms with van der Waals surface area (Å²) in [4.78, 5) is 4.21. The molecule has 0 saturated carbocycles. The molecule has 2 atom stereocenters. The maximum absolute atomic E-state index is 8.50. The predicted molar refractivity (Wildman–Crippen MR) is 58.7 cm³/mol. The Morgan fingerprint density at radius 2 is 2.27 bits per heavy atom. The molecule has 1 aromatic rings. The summed E-state index contributed by atoms with van der Waals surface area (Å²) in [6, 6.07) is 5.59. The Morgan fingerprint density at radius 3 is 2.80 bits per heavy atom. The van der Waals surface area contributed by atoms with Gasteiger partial charge in [-0.1, -0.05) is 11.2 Å². The van der Waals surface area contributed by atoms with Crippen LogP contribution in [0.25, 0.3) is 0 Å². The van der Waals surface area contributed by atoms with Crippen LogP contribution in [0.4, 0.5) is 0 Å². The van der Waals surface area contributed by atoms with Crippen molar-refractivity contribution >= 4 is 5.84 Å². The van der Waals surface area contributed by atoms with Crippen LogP contribution in [-0.2, 0) is 0 Å². The van der Waals surface area contributed by atoms with Gasteiger partial charge in [-0.15, -0.1) is 0 Å². The highest BCUT2D eigenvalue weighted by atomic mass is 16.4. The van der Waals surface area contributed by atoms with Gasteiger partial charge in [0, 0.05) is 12.2 Å². The number of rotatable bonds is 4. The second kappa shape index (κ2) is 5.31. The summed E-state index contributed by atoms with van der Waals surface area (Å²) in [5.74, 6) is 0.165. The Morgan fingerprint density at radius 1 is 1.53 bits per heavy atom. The molecule has 0 aromatic carbocycles. The number of oxime groups is 1. The van der Waals surface area contributed by atoms with Gasteiger partial charge in [0.1, 0.15) is 0 Å². The van der Waals surface area contributed by atoms with Crippen LogP contribution in [0.15, 0.2) is 29.6 Å². The van der Waals surface area contributed by atoms with E-state index in [1.54, 1.807) is 6.20 Å². The molecule has 0 amide bonds. The van der Waals surface area contributed by atoms with Crippen LogP contribution < -0.4 is 11.1 Å². The third kappa shape index (κ3) is 3.21. The summed E-state index contributed by atoms with van der Waals surface area (Å²) in [6.07, 6.45) is 1.74. The molecule has 1 rings (SSSR count). The molecule has 5 heteroatoms. The van der Waals surface area contributed by atoms with Gasteiger partial charge in [0.2, 0.25) is 0 Å². The second-order valence-corrected chi connectivity index (χ2v) is 3.39. The number of nitrogens with zero attached hydrogens (tertiary/aromatic N) is 2. The van der Waals surface area contributed by atoms with Gasteiger partial charge in [-0.3, -0.25) is 10.3 Å². The molecule has 82 valence electrons. The van der Waals surface area contributed by atoms with Crippen molar-refractivity contribution in [2.75, 3.05) is 0 Å². The standard InChI is InChI=1S/C10H16N4O/c1-7(9-5-3-4-6-12-9)13-8(2)10(11)14-15/h3-8,13,15H,1-2H3,(H2,11,14)/t7-,8?/m0/s1. The summed E-state index contributed by atoms with van der Waals surface area (Å²) in [5, 5.41) is 14.6. The molecule has 0 aliphatic heterocycles. The zero-order valence-electron chi connectivity index (χ0n) is 8.88. The largest absolute Gasteiger partial charge is 0.409 e. The highest BCUT2D eigenvalue weighted by Gasteiger charge is 2.12. The average molecular weight is 208 g/mol. The van der Waals surface area contributed by atoms with Crippen LogP contribution in [0, 0.1) is 0 Å². The Balaban J connectivity index is 2.60. The fraction of sp³-hybridized carbons (Fsp3) is 0.400. The van der Waals surface area contributed by atoms with Gasteiger partial charge in [-0.25, -0.2) is 0 Å². The fourth-order valence-electron chi connectivity index (χ4n) is 1.26. The molecule has 0 aliphatic carbocycles. The van der Waals surface area contributed by atoms with Crippen LogP contribution in [0.3, 0.4) is 0 Å². The summed E-state index contributed by atoms with van der Waals surface area (Å²) in [6.45, 7) is 3.80. The van der Waals surface area contributed by atoms with Crippen molar-refractivity contribution in [1.29, 1.82) is 0 Å².